The Kier molecular flexibility index (Phi) is 23.8. The Labute approximate surface area is 370 Å². The Balaban J connectivity index is 0.000000387. The van der Waals surface area contributed by atoms with E-state index in [0.717, 1.165) is 37.5 Å². The zero-order valence-corrected chi connectivity index (χ0v) is 37.3. The maximum absolute atomic E-state index is 11.5. The summed E-state index contributed by atoms with van der Waals surface area (Å²) in [6.07, 6.45) is 22.7. The molecule has 0 unspecified atom stereocenters. The fraction of sp³-hybridized carbons (Fsp3) is 0.455. The standard InChI is InChI=1S/2C22H30O5S.Ca/c2*1-2-3-4-5-6-7-8-9-10-18-11-13-19(14-12-18)27-20-15-16-21(23)22(17-20)28(24,25)26;/h2*11-17,23H,2-10H2,1H3,(H,24,25,26);/q;;+2/p-2. The van der Waals surface area contributed by atoms with Gasteiger partial charge in [0, 0.05) is 6.07 Å². The van der Waals surface area contributed by atoms with Crippen LogP contribution in [0.25, 0.3) is 0 Å². The smallest absolute Gasteiger partial charge is 0.872 e. The number of phenols is 1. The maximum Gasteiger partial charge on any atom is 2.00 e. The van der Waals surface area contributed by atoms with Crippen molar-refractivity contribution in [2.45, 2.75) is 139 Å². The van der Waals surface area contributed by atoms with Crippen molar-refractivity contribution in [3.05, 3.63) is 96.1 Å². The number of hydrogen-bond acceptors (Lipinski definition) is 9. The van der Waals surface area contributed by atoms with E-state index < -0.39 is 41.5 Å². The second-order valence-electron chi connectivity index (χ2n) is 14.1. The van der Waals surface area contributed by atoms with Crippen molar-refractivity contribution in [3.8, 4) is 34.5 Å². The van der Waals surface area contributed by atoms with Crippen molar-refractivity contribution in [1.82, 2.24) is 0 Å². The van der Waals surface area contributed by atoms with Crippen LogP contribution < -0.4 is 14.6 Å². The third-order valence-corrected chi connectivity index (χ3v) is 11.1. The monoisotopic (exact) mass is 850 g/mol. The molecule has 0 amide bonds. The molecular weight excluding hydrogens is 793 g/mol. The summed E-state index contributed by atoms with van der Waals surface area (Å²) in [4.78, 5) is -1.37. The minimum Gasteiger partial charge on any atom is -0.872 e. The van der Waals surface area contributed by atoms with Crippen molar-refractivity contribution in [3.63, 3.8) is 0 Å². The van der Waals surface area contributed by atoms with Gasteiger partial charge in [-0.25, -0.2) is 8.42 Å². The number of rotatable bonds is 24. The average Bonchev–Trinajstić information content (AvgIpc) is 3.16. The van der Waals surface area contributed by atoms with E-state index in [2.05, 4.69) is 13.8 Å². The molecule has 4 aromatic carbocycles. The molecule has 4 rings (SSSR count). The molecule has 0 spiro atoms. The molecule has 0 radical (unpaired) electrons. The van der Waals surface area contributed by atoms with Crippen LogP contribution >= 0.6 is 0 Å². The van der Waals surface area contributed by atoms with Crippen molar-refractivity contribution in [2.24, 2.45) is 0 Å². The summed E-state index contributed by atoms with van der Waals surface area (Å²) in [5.74, 6) is 0.101. The molecule has 13 heteroatoms. The minimum atomic E-state index is -4.82. The summed E-state index contributed by atoms with van der Waals surface area (Å²) < 4.78 is 76.2. The van der Waals surface area contributed by atoms with Crippen LogP contribution in [0.2, 0.25) is 0 Å². The number of ether oxygens (including phenoxy) is 2. The van der Waals surface area contributed by atoms with Gasteiger partial charge in [-0.2, -0.15) is 8.42 Å². The average molecular weight is 851 g/mol. The molecule has 0 saturated heterocycles. The fourth-order valence-electron chi connectivity index (χ4n) is 6.16. The number of aryl methyl sites for hydroxylation is 2. The van der Waals surface area contributed by atoms with E-state index in [4.69, 9.17) is 14.0 Å². The third-order valence-electron chi connectivity index (χ3n) is 9.35. The zero-order valence-electron chi connectivity index (χ0n) is 33.5. The molecule has 0 bridgehead atoms. The first-order valence-corrected chi connectivity index (χ1v) is 22.8. The van der Waals surface area contributed by atoms with Gasteiger partial charge in [-0.05, 0) is 85.3 Å². The van der Waals surface area contributed by atoms with Gasteiger partial charge in [-0.15, -0.1) is 0 Å². The van der Waals surface area contributed by atoms with Gasteiger partial charge in [-0.1, -0.05) is 140 Å². The van der Waals surface area contributed by atoms with E-state index in [1.165, 1.54) is 126 Å². The second kappa shape index (κ2) is 27.0. The van der Waals surface area contributed by atoms with Gasteiger partial charge in [0.15, 0.2) is 0 Å². The molecule has 0 aromatic heterocycles. The van der Waals surface area contributed by atoms with Crippen LogP contribution in [-0.4, -0.2) is 68.8 Å². The second-order valence-corrected chi connectivity index (χ2v) is 16.8. The first-order valence-electron chi connectivity index (χ1n) is 19.9. The van der Waals surface area contributed by atoms with Crippen LogP contribution in [0.1, 0.15) is 128 Å². The summed E-state index contributed by atoms with van der Waals surface area (Å²) in [5, 5.41) is 21.0. The summed E-state index contributed by atoms with van der Waals surface area (Å²) in [5.41, 5.74) is 2.46. The number of aromatic hydroxyl groups is 1. The molecule has 0 aliphatic rings. The topological polar surface area (TPSA) is 173 Å². The molecule has 57 heavy (non-hydrogen) atoms. The van der Waals surface area contributed by atoms with Gasteiger partial charge < -0.3 is 24.2 Å². The maximum atomic E-state index is 11.5. The first-order chi connectivity index (χ1) is 26.8. The number of benzene rings is 4. The Hall–Kier alpha value is -2.84. The normalized spacial score (nSPS) is 11.3. The SMILES string of the molecule is CCCCCCCCCCc1ccc(Oc2ccc(O)c(S(=O)(=O)O)c2)cc1.CCCCCCCCCCc1ccc(Oc2ccc([O-])c(S(=O)(=O)[O-])c2)cc1.[Ca+2]. The van der Waals surface area contributed by atoms with E-state index >= 15 is 0 Å². The van der Waals surface area contributed by atoms with Crippen molar-refractivity contribution >= 4 is 58.0 Å². The zero-order chi connectivity index (χ0) is 40.8. The van der Waals surface area contributed by atoms with Gasteiger partial charge in [-0.3, -0.25) is 4.55 Å². The summed E-state index contributed by atoms with van der Waals surface area (Å²) in [7, 11) is -9.33. The molecule has 0 aliphatic carbocycles. The predicted molar refractivity (Wildman–Crippen MR) is 223 cm³/mol. The Morgan fingerprint density at radius 1 is 0.509 bits per heavy atom. The van der Waals surface area contributed by atoms with Crippen LogP contribution in [0.5, 0.6) is 34.5 Å². The molecule has 10 nitrogen and oxygen atoms in total. The van der Waals surface area contributed by atoms with E-state index in [9.17, 15) is 31.6 Å². The largest absolute Gasteiger partial charge is 2.00 e. The molecule has 0 heterocycles. The Bertz CT molecular complexity index is 1810. The van der Waals surface area contributed by atoms with Crippen molar-refractivity contribution < 1.29 is 45.6 Å². The minimum absolute atomic E-state index is 0. The van der Waals surface area contributed by atoms with Crippen LogP contribution in [0, 0.1) is 0 Å². The van der Waals surface area contributed by atoms with Gasteiger partial charge in [0.05, 0.1) is 4.90 Å². The van der Waals surface area contributed by atoms with Gasteiger partial charge >= 0.3 is 37.7 Å². The summed E-state index contributed by atoms with van der Waals surface area (Å²) in [6, 6.07) is 22.3. The quantitative estimate of drug-likeness (QED) is 0.0392. The van der Waals surface area contributed by atoms with Gasteiger partial charge in [0.25, 0.3) is 10.1 Å². The molecular formula is C44H58CaO10S2. The van der Waals surface area contributed by atoms with Crippen molar-refractivity contribution in [2.75, 3.05) is 0 Å². The summed E-state index contributed by atoms with van der Waals surface area (Å²) in [6.45, 7) is 4.46. The Morgan fingerprint density at radius 3 is 1.25 bits per heavy atom. The van der Waals surface area contributed by atoms with Gasteiger partial charge in [0.1, 0.15) is 43.8 Å². The predicted octanol–water partition coefficient (Wildman–Crippen LogP) is 10.9. The summed E-state index contributed by atoms with van der Waals surface area (Å²) >= 11 is 0. The van der Waals surface area contributed by atoms with Crippen LogP contribution in [0.15, 0.2) is 94.7 Å². The Morgan fingerprint density at radius 2 is 0.860 bits per heavy atom. The fourth-order valence-corrected chi connectivity index (χ4v) is 7.33. The molecule has 308 valence electrons. The first kappa shape index (κ1) is 50.3. The van der Waals surface area contributed by atoms with Crippen LogP contribution in [0.4, 0.5) is 0 Å². The molecule has 0 aliphatic heterocycles. The van der Waals surface area contributed by atoms with Crippen LogP contribution in [-0.2, 0) is 33.1 Å². The van der Waals surface area contributed by atoms with E-state index in [1.807, 2.05) is 36.4 Å². The molecule has 0 atom stereocenters. The van der Waals surface area contributed by atoms with Gasteiger partial charge in [0.2, 0.25) is 0 Å². The molecule has 0 saturated carbocycles. The molecule has 2 N–H and O–H groups in total. The number of unbranched alkanes of at least 4 members (excludes halogenated alkanes) is 14. The van der Waals surface area contributed by atoms with Crippen LogP contribution in [0.3, 0.4) is 0 Å². The molecule has 4 aromatic rings. The number of phenolic OH excluding ortho intramolecular Hbond substituents is 1. The van der Waals surface area contributed by atoms with E-state index in [-0.39, 0.29) is 49.2 Å². The molecule has 0 fully saturated rings. The van der Waals surface area contributed by atoms with E-state index in [1.54, 1.807) is 12.1 Å². The number of hydrogen-bond donors (Lipinski definition) is 2. The van der Waals surface area contributed by atoms with Crippen molar-refractivity contribution in [1.29, 1.82) is 0 Å². The van der Waals surface area contributed by atoms with E-state index in [0.29, 0.717) is 11.5 Å². The third kappa shape index (κ3) is 20.1.